The van der Waals surface area contributed by atoms with Gasteiger partial charge < -0.3 is 48.8 Å². The molecule has 1 heterocycles. The second kappa shape index (κ2) is 18.0. The summed E-state index contributed by atoms with van der Waals surface area (Å²) in [5.41, 5.74) is -2.67. The first-order valence-corrected chi connectivity index (χ1v) is 11.6. The molecule has 1 saturated heterocycles. The molecule has 2 atom stereocenters. The summed E-state index contributed by atoms with van der Waals surface area (Å²) in [6, 6.07) is 0. The summed E-state index contributed by atoms with van der Waals surface area (Å²) in [5, 5.41) is 38.3. The molecule has 0 amide bonds. The smallest absolute Gasteiger partial charge is 0.322 e. The van der Waals surface area contributed by atoms with Crippen LogP contribution in [0.25, 0.3) is 0 Å². The average Bonchev–Trinajstić information content (AvgIpc) is 2.81. The number of carbonyl (C=O) groups is 4. The van der Waals surface area contributed by atoms with Crippen molar-refractivity contribution >= 4 is 23.9 Å². The zero-order chi connectivity index (χ0) is 26.8. The molecule has 0 aromatic rings. The number of carboxylic acids is 4. The molecule has 14 heteroatoms. The van der Waals surface area contributed by atoms with Crippen molar-refractivity contribution < 1.29 is 68.0 Å². The zero-order valence-electron chi connectivity index (χ0n) is 20.1. The van der Waals surface area contributed by atoms with Crippen molar-refractivity contribution in [3.63, 3.8) is 0 Å². The van der Waals surface area contributed by atoms with E-state index < -0.39 is 54.2 Å². The fourth-order valence-electron chi connectivity index (χ4n) is 3.46. The fourth-order valence-corrected chi connectivity index (χ4v) is 3.46. The molecule has 0 aromatic carbocycles. The van der Waals surface area contributed by atoms with Gasteiger partial charge in [-0.25, -0.2) is 0 Å². The Hall–Kier alpha value is -2.36. The Kier molecular flexibility index (Phi) is 15.8. The SMILES string of the molecule is O=C(O)C1CCOCCOCCOCCOCC(C(=O)O)C(C(=O)O)(C(=O)O)CCOCCOCC1. The Morgan fingerprint density at radius 2 is 0.917 bits per heavy atom. The number of hydrogen-bond acceptors (Lipinski definition) is 10. The highest BCUT2D eigenvalue weighted by molar-refractivity contribution is 6.02. The summed E-state index contributed by atoms with van der Waals surface area (Å²) >= 11 is 0. The number of carboxylic acid groups (broad SMARTS) is 4. The van der Waals surface area contributed by atoms with Gasteiger partial charge in [-0.1, -0.05) is 0 Å². The monoisotopic (exact) mass is 524 g/mol. The molecule has 1 aliphatic rings. The van der Waals surface area contributed by atoms with Gasteiger partial charge >= 0.3 is 23.9 Å². The number of hydrogen-bond donors (Lipinski definition) is 4. The zero-order valence-corrected chi connectivity index (χ0v) is 20.1. The molecule has 0 radical (unpaired) electrons. The summed E-state index contributed by atoms with van der Waals surface area (Å²) < 4.78 is 31.9. The third kappa shape index (κ3) is 11.1. The summed E-state index contributed by atoms with van der Waals surface area (Å²) in [4.78, 5) is 47.1. The van der Waals surface area contributed by atoms with Crippen molar-refractivity contribution in [1.82, 2.24) is 0 Å². The van der Waals surface area contributed by atoms with E-state index in [1.54, 1.807) is 0 Å². The van der Waals surface area contributed by atoms with Crippen LogP contribution in [0.5, 0.6) is 0 Å². The molecule has 208 valence electrons. The molecular formula is C22H36O14. The maximum absolute atomic E-state index is 12.0. The summed E-state index contributed by atoms with van der Waals surface area (Å²) in [6.07, 6.45) is -0.0730. The van der Waals surface area contributed by atoms with Gasteiger partial charge in [0.1, 0.15) is 5.92 Å². The van der Waals surface area contributed by atoms with E-state index in [1.165, 1.54) is 0 Å². The van der Waals surface area contributed by atoms with Gasteiger partial charge in [0.2, 0.25) is 0 Å². The van der Waals surface area contributed by atoms with E-state index in [1.807, 2.05) is 0 Å². The van der Waals surface area contributed by atoms with Gasteiger partial charge in [0.25, 0.3) is 0 Å². The van der Waals surface area contributed by atoms with Gasteiger partial charge in [-0.05, 0) is 19.3 Å². The van der Waals surface area contributed by atoms with Crippen LogP contribution >= 0.6 is 0 Å². The van der Waals surface area contributed by atoms with Crippen LogP contribution in [0.2, 0.25) is 0 Å². The molecule has 0 aromatic heterocycles. The molecule has 1 rings (SSSR count). The van der Waals surface area contributed by atoms with Crippen molar-refractivity contribution in [3.05, 3.63) is 0 Å². The van der Waals surface area contributed by atoms with Crippen LogP contribution in [0.3, 0.4) is 0 Å². The predicted molar refractivity (Wildman–Crippen MR) is 119 cm³/mol. The second-order valence-electron chi connectivity index (χ2n) is 7.97. The lowest BCUT2D eigenvalue weighted by Gasteiger charge is -2.30. The largest absolute Gasteiger partial charge is 0.481 e. The predicted octanol–water partition coefficient (Wildman–Crippen LogP) is -0.173. The lowest BCUT2D eigenvalue weighted by atomic mass is 9.73. The van der Waals surface area contributed by atoms with Gasteiger partial charge in [-0.3, -0.25) is 19.2 Å². The molecule has 1 fully saturated rings. The maximum atomic E-state index is 12.0. The Morgan fingerprint density at radius 1 is 0.528 bits per heavy atom. The Bertz CT molecular complexity index is 668. The average molecular weight is 525 g/mol. The van der Waals surface area contributed by atoms with Crippen molar-refractivity contribution in [2.45, 2.75) is 19.3 Å². The van der Waals surface area contributed by atoms with Crippen LogP contribution in [-0.4, -0.2) is 124 Å². The first kappa shape index (κ1) is 31.7. The first-order valence-electron chi connectivity index (χ1n) is 11.6. The molecule has 0 spiro atoms. The lowest BCUT2D eigenvalue weighted by Crippen LogP contribution is -2.51. The van der Waals surface area contributed by atoms with Crippen LogP contribution in [-0.2, 0) is 47.6 Å². The van der Waals surface area contributed by atoms with Gasteiger partial charge in [0.15, 0.2) is 5.41 Å². The third-order valence-electron chi connectivity index (χ3n) is 5.64. The minimum absolute atomic E-state index is 0.0260. The Labute approximate surface area is 208 Å². The molecule has 14 nitrogen and oxygen atoms in total. The van der Waals surface area contributed by atoms with Crippen molar-refractivity contribution in [2.75, 3.05) is 79.3 Å². The fraction of sp³-hybridized carbons (Fsp3) is 0.818. The van der Waals surface area contributed by atoms with Crippen molar-refractivity contribution in [3.8, 4) is 0 Å². The van der Waals surface area contributed by atoms with E-state index in [2.05, 4.69) is 0 Å². The molecule has 0 saturated carbocycles. The molecule has 36 heavy (non-hydrogen) atoms. The van der Waals surface area contributed by atoms with E-state index in [-0.39, 0.29) is 79.1 Å². The number of aliphatic carboxylic acids is 4. The summed E-state index contributed by atoms with van der Waals surface area (Å²) in [5.74, 6) is -8.77. The molecule has 0 bridgehead atoms. The van der Waals surface area contributed by atoms with E-state index in [9.17, 15) is 39.6 Å². The topological polar surface area (TPSA) is 205 Å². The van der Waals surface area contributed by atoms with Gasteiger partial charge in [0.05, 0.1) is 65.4 Å². The molecule has 1 aliphatic heterocycles. The van der Waals surface area contributed by atoms with Crippen LogP contribution < -0.4 is 0 Å². The van der Waals surface area contributed by atoms with E-state index >= 15 is 0 Å². The second-order valence-corrected chi connectivity index (χ2v) is 7.97. The molecule has 4 N–H and O–H groups in total. The van der Waals surface area contributed by atoms with Gasteiger partial charge in [-0.2, -0.15) is 0 Å². The summed E-state index contributed by atoms with van der Waals surface area (Å²) in [6.45, 7) is 0.404. The van der Waals surface area contributed by atoms with Crippen LogP contribution in [0.4, 0.5) is 0 Å². The normalized spacial score (nSPS) is 25.1. The van der Waals surface area contributed by atoms with E-state index in [0.29, 0.717) is 6.42 Å². The minimum Gasteiger partial charge on any atom is -0.481 e. The molecule has 0 aliphatic carbocycles. The Morgan fingerprint density at radius 3 is 1.31 bits per heavy atom. The van der Waals surface area contributed by atoms with Gasteiger partial charge in [-0.15, -0.1) is 0 Å². The highest BCUT2D eigenvalue weighted by Crippen LogP contribution is 2.34. The highest BCUT2D eigenvalue weighted by Gasteiger charge is 2.56. The standard InChI is InChI=1S/C22H36O14/c23-18(24)16-1-4-31-7-9-33-6-3-22(20(27)28,21(29)30)17(19(25)26)15-36-14-13-35-12-11-34-10-8-32-5-2-16/h16-17H,1-15H2,(H,23,24)(H,25,26)(H,27,28)(H,29,30). The van der Waals surface area contributed by atoms with E-state index in [0.717, 1.165) is 0 Å². The Balaban J connectivity index is 2.78. The molecular weight excluding hydrogens is 488 g/mol. The summed E-state index contributed by atoms with van der Waals surface area (Å²) in [7, 11) is 0. The lowest BCUT2D eigenvalue weighted by molar-refractivity contribution is -0.181. The van der Waals surface area contributed by atoms with Crippen molar-refractivity contribution in [2.24, 2.45) is 17.3 Å². The first-order chi connectivity index (χ1) is 17.2. The number of rotatable bonds is 4. The minimum atomic E-state index is -2.67. The van der Waals surface area contributed by atoms with Crippen LogP contribution in [0.1, 0.15) is 19.3 Å². The van der Waals surface area contributed by atoms with Crippen LogP contribution in [0, 0.1) is 17.3 Å². The van der Waals surface area contributed by atoms with Gasteiger partial charge in [0, 0.05) is 19.8 Å². The van der Waals surface area contributed by atoms with Crippen molar-refractivity contribution in [1.29, 1.82) is 0 Å². The highest BCUT2D eigenvalue weighted by atomic mass is 16.6. The number of ether oxygens (including phenoxy) is 6. The quantitative estimate of drug-likeness (QED) is 0.352. The van der Waals surface area contributed by atoms with E-state index in [4.69, 9.17) is 28.4 Å². The molecule has 2 unspecified atom stereocenters. The van der Waals surface area contributed by atoms with Crippen LogP contribution in [0.15, 0.2) is 0 Å². The maximum Gasteiger partial charge on any atom is 0.322 e. The third-order valence-corrected chi connectivity index (χ3v) is 5.64.